The van der Waals surface area contributed by atoms with Gasteiger partial charge in [-0.1, -0.05) is 13.8 Å². The van der Waals surface area contributed by atoms with Crippen LogP contribution >= 0.6 is 0 Å². The molecule has 2 aromatic rings. The van der Waals surface area contributed by atoms with Crippen LogP contribution in [0.25, 0.3) is 0 Å². The van der Waals surface area contributed by atoms with E-state index < -0.39 is 10.7 Å². The van der Waals surface area contributed by atoms with Crippen molar-refractivity contribution in [3.8, 4) is 0 Å². The SMILES string of the molecule is CC(C)C(=O)Nc1ccc(Nc2ccc(F)cc2)c([N+](=O)[O-])c1. The van der Waals surface area contributed by atoms with E-state index in [0.29, 0.717) is 11.4 Å². The van der Waals surface area contributed by atoms with Gasteiger partial charge < -0.3 is 10.6 Å². The van der Waals surface area contributed by atoms with Crippen molar-refractivity contribution in [3.63, 3.8) is 0 Å². The Morgan fingerprint density at radius 1 is 1.13 bits per heavy atom. The molecular formula is C16H16FN3O3. The second-order valence-electron chi connectivity index (χ2n) is 5.26. The van der Waals surface area contributed by atoms with Gasteiger partial charge in [0.25, 0.3) is 5.69 Å². The lowest BCUT2D eigenvalue weighted by Gasteiger charge is -2.11. The molecule has 0 fully saturated rings. The van der Waals surface area contributed by atoms with E-state index in [9.17, 15) is 19.3 Å². The molecule has 1 amide bonds. The van der Waals surface area contributed by atoms with Crippen molar-refractivity contribution < 1.29 is 14.1 Å². The van der Waals surface area contributed by atoms with Crippen molar-refractivity contribution in [2.24, 2.45) is 5.92 Å². The van der Waals surface area contributed by atoms with Crippen LogP contribution in [0.1, 0.15) is 13.8 Å². The third-order valence-electron chi connectivity index (χ3n) is 3.11. The highest BCUT2D eigenvalue weighted by molar-refractivity contribution is 5.93. The van der Waals surface area contributed by atoms with Crippen LogP contribution in [-0.4, -0.2) is 10.8 Å². The Balaban J connectivity index is 2.27. The molecule has 0 spiro atoms. The van der Waals surface area contributed by atoms with Crippen molar-refractivity contribution in [2.75, 3.05) is 10.6 Å². The summed E-state index contributed by atoms with van der Waals surface area (Å²) in [7, 11) is 0. The van der Waals surface area contributed by atoms with Crippen LogP contribution in [0.4, 0.5) is 27.1 Å². The number of amides is 1. The zero-order valence-corrected chi connectivity index (χ0v) is 12.7. The summed E-state index contributed by atoms with van der Waals surface area (Å²) < 4.78 is 12.9. The molecule has 2 aromatic carbocycles. The number of carbonyl (C=O) groups excluding carboxylic acids is 1. The average molecular weight is 317 g/mol. The van der Waals surface area contributed by atoms with E-state index in [1.165, 1.54) is 36.4 Å². The molecule has 120 valence electrons. The maximum Gasteiger partial charge on any atom is 0.294 e. The van der Waals surface area contributed by atoms with Crippen LogP contribution in [0.15, 0.2) is 42.5 Å². The molecule has 0 radical (unpaired) electrons. The van der Waals surface area contributed by atoms with Crippen molar-refractivity contribution in [2.45, 2.75) is 13.8 Å². The van der Waals surface area contributed by atoms with Crippen LogP contribution in [0.2, 0.25) is 0 Å². The molecule has 0 unspecified atom stereocenters. The number of rotatable bonds is 5. The van der Waals surface area contributed by atoms with Gasteiger partial charge in [-0.25, -0.2) is 4.39 Å². The number of hydrogen-bond donors (Lipinski definition) is 2. The Morgan fingerprint density at radius 2 is 1.74 bits per heavy atom. The van der Waals surface area contributed by atoms with Crippen LogP contribution in [0, 0.1) is 21.8 Å². The summed E-state index contributed by atoms with van der Waals surface area (Å²) in [5, 5.41) is 16.7. The molecular weight excluding hydrogens is 301 g/mol. The van der Waals surface area contributed by atoms with E-state index in [-0.39, 0.29) is 23.2 Å². The molecule has 0 aliphatic carbocycles. The quantitative estimate of drug-likeness (QED) is 0.643. The summed E-state index contributed by atoms with van der Waals surface area (Å²) in [5.74, 6) is -0.846. The van der Waals surface area contributed by atoms with Gasteiger partial charge >= 0.3 is 0 Å². The summed E-state index contributed by atoms with van der Waals surface area (Å²) in [6.07, 6.45) is 0. The maximum absolute atomic E-state index is 12.9. The van der Waals surface area contributed by atoms with Crippen molar-refractivity contribution in [3.05, 3.63) is 58.4 Å². The van der Waals surface area contributed by atoms with Gasteiger partial charge in [-0.3, -0.25) is 14.9 Å². The minimum atomic E-state index is -0.545. The minimum Gasteiger partial charge on any atom is -0.350 e. The summed E-state index contributed by atoms with van der Waals surface area (Å²) in [5.41, 5.74) is 0.938. The number of benzene rings is 2. The predicted molar refractivity (Wildman–Crippen MR) is 86.2 cm³/mol. The first kappa shape index (κ1) is 16.4. The molecule has 0 atom stereocenters. The minimum absolute atomic E-state index is 0.184. The molecule has 7 heteroatoms. The van der Waals surface area contributed by atoms with Gasteiger partial charge in [0.05, 0.1) is 4.92 Å². The lowest BCUT2D eigenvalue weighted by atomic mass is 10.2. The molecule has 0 saturated heterocycles. The Hall–Kier alpha value is -2.96. The Labute approximate surface area is 132 Å². The first-order valence-corrected chi connectivity index (χ1v) is 6.98. The molecule has 6 nitrogen and oxygen atoms in total. The molecule has 2 rings (SSSR count). The third kappa shape index (κ3) is 4.26. The van der Waals surface area contributed by atoms with Gasteiger partial charge in [0.2, 0.25) is 5.91 Å². The molecule has 0 aliphatic heterocycles. The number of nitro benzene ring substituents is 1. The molecule has 23 heavy (non-hydrogen) atoms. The van der Waals surface area contributed by atoms with E-state index in [0.717, 1.165) is 0 Å². The fourth-order valence-electron chi connectivity index (χ4n) is 1.84. The number of hydrogen-bond acceptors (Lipinski definition) is 4. The van der Waals surface area contributed by atoms with Gasteiger partial charge in [-0.15, -0.1) is 0 Å². The van der Waals surface area contributed by atoms with E-state index in [2.05, 4.69) is 10.6 Å². The summed E-state index contributed by atoms with van der Waals surface area (Å²) in [6, 6.07) is 9.82. The predicted octanol–water partition coefficient (Wildman–Crippen LogP) is 4.07. The first-order chi connectivity index (χ1) is 10.9. The Kier molecular flexibility index (Phi) is 4.90. The van der Waals surface area contributed by atoms with Crippen molar-refractivity contribution in [1.82, 2.24) is 0 Å². The van der Waals surface area contributed by atoms with Crippen LogP contribution in [-0.2, 0) is 4.79 Å². The summed E-state index contributed by atoms with van der Waals surface area (Å²) >= 11 is 0. The second kappa shape index (κ2) is 6.87. The number of nitro groups is 1. The zero-order chi connectivity index (χ0) is 17.0. The fourth-order valence-corrected chi connectivity index (χ4v) is 1.84. The zero-order valence-electron chi connectivity index (χ0n) is 12.7. The monoisotopic (exact) mass is 317 g/mol. The number of anilines is 3. The normalized spacial score (nSPS) is 10.4. The van der Waals surface area contributed by atoms with Gasteiger partial charge in [0.15, 0.2) is 0 Å². The van der Waals surface area contributed by atoms with Crippen LogP contribution in [0.5, 0.6) is 0 Å². The maximum atomic E-state index is 12.9. The number of carbonyl (C=O) groups is 1. The van der Waals surface area contributed by atoms with E-state index in [1.807, 2.05) is 0 Å². The number of nitrogens with one attached hydrogen (secondary N) is 2. The lowest BCUT2D eigenvalue weighted by Crippen LogP contribution is -2.17. The molecule has 0 aromatic heterocycles. The van der Waals surface area contributed by atoms with Gasteiger partial charge in [0, 0.05) is 23.4 Å². The van der Waals surface area contributed by atoms with Crippen molar-refractivity contribution in [1.29, 1.82) is 0 Å². The third-order valence-corrected chi connectivity index (χ3v) is 3.11. The standard InChI is InChI=1S/C16H16FN3O3/c1-10(2)16(21)19-13-7-8-14(15(9-13)20(22)23)18-12-5-3-11(17)4-6-12/h3-10,18H,1-2H3,(H,19,21). The molecule has 2 N–H and O–H groups in total. The highest BCUT2D eigenvalue weighted by Crippen LogP contribution is 2.30. The number of halogens is 1. The van der Waals surface area contributed by atoms with E-state index in [4.69, 9.17) is 0 Å². The Bertz CT molecular complexity index is 730. The summed E-state index contributed by atoms with van der Waals surface area (Å²) in [6.45, 7) is 3.46. The fraction of sp³-hybridized carbons (Fsp3) is 0.188. The topological polar surface area (TPSA) is 84.3 Å². The van der Waals surface area contributed by atoms with Crippen LogP contribution in [0.3, 0.4) is 0 Å². The Morgan fingerprint density at radius 3 is 2.30 bits per heavy atom. The number of nitrogens with zero attached hydrogens (tertiary/aromatic N) is 1. The van der Waals surface area contributed by atoms with Gasteiger partial charge in [-0.05, 0) is 36.4 Å². The molecule has 0 heterocycles. The second-order valence-corrected chi connectivity index (χ2v) is 5.26. The highest BCUT2D eigenvalue weighted by atomic mass is 19.1. The molecule has 0 aliphatic rings. The highest BCUT2D eigenvalue weighted by Gasteiger charge is 2.16. The largest absolute Gasteiger partial charge is 0.350 e. The summed E-state index contributed by atoms with van der Waals surface area (Å²) in [4.78, 5) is 22.4. The van der Waals surface area contributed by atoms with E-state index >= 15 is 0 Å². The lowest BCUT2D eigenvalue weighted by molar-refractivity contribution is -0.383. The average Bonchev–Trinajstić information content (AvgIpc) is 2.50. The van der Waals surface area contributed by atoms with Crippen LogP contribution < -0.4 is 10.6 Å². The molecule has 0 saturated carbocycles. The van der Waals surface area contributed by atoms with Gasteiger partial charge in [-0.2, -0.15) is 0 Å². The van der Waals surface area contributed by atoms with Gasteiger partial charge in [0.1, 0.15) is 11.5 Å². The molecule has 0 bridgehead atoms. The van der Waals surface area contributed by atoms with E-state index in [1.54, 1.807) is 19.9 Å². The van der Waals surface area contributed by atoms with Crippen molar-refractivity contribution >= 4 is 28.7 Å². The first-order valence-electron chi connectivity index (χ1n) is 6.98. The smallest absolute Gasteiger partial charge is 0.294 e.